The molecule has 26 heavy (non-hydrogen) atoms. The summed E-state index contributed by atoms with van der Waals surface area (Å²) in [6.45, 7) is -0.311. The van der Waals surface area contributed by atoms with Crippen molar-refractivity contribution in [1.29, 1.82) is 0 Å². The number of esters is 1. The van der Waals surface area contributed by atoms with Crippen molar-refractivity contribution in [3.8, 4) is 0 Å². The van der Waals surface area contributed by atoms with Crippen molar-refractivity contribution in [2.24, 2.45) is 0 Å². The van der Waals surface area contributed by atoms with Gasteiger partial charge in [-0.15, -0.1) is 11.3 Å². The zero-order valence-electron chi connectivity index (χ0n) is 14.6. The van der Waals surface area contributed by atoms with Gasteiger partial charge in [0.1, 0.15) is 4.88 Å². The number of amides is 1. The van der Waals surface area contributed by atoms with Gasteiger partial charge in [-0.25, -0.2) is 13.2 Å². The van der Waals surface area contributed by atoms with Crippen LogP contribution in [0.25, 0.3) is 0 Å². The summed E-state index contributed by atoms with van der Waals surface area (Å²) in [6, 6.07) is 1.73. The van der Waals surface area contributed by atoms with Crippen LogP contribution >= 0.6 is 11.3 Å². The normalized spacial score (nSPS) is 24.1. The number of nitrogens with zero attached hydrogens (tertiary/aromatic N) is 1. The Kier molecular flexibility index (Phi) is 4.81. The Balaban J connectivity index is 1.37. The van der Waals surface area contributed by atoms with Crippen molar-refractivity contribution in [2.75, 3.05) is 18.1 Å². The third kappa shape index (κ3) is 3.81. The number of thiophene rings is 1. The van der Waals surface area contributed by atoms with E-state index >= 15 is 0 Å². The number of rotatable bonds is 5. The minimum atomic E-state index is -3.06. The predicted molar refractivity (Wildman–Crippen MR) is 98.2 cm³/mol. The van der Waals surface area contributed by atoms with E-state index < -0.39 is 15.8 Å². The lowest BCUT2D eigenvalue weighted by atomic mass is 9.99. The smallest absolute Gasteiger partial charge is 0.348 e. The van der Waals surface area contributed by atoms with Gasteiger partial charge in [0.25, 0.3) is 5.91 Å². The maximum atomic E-state index is 12.6. The third-order valence-electron chi connectivity index (χ3n) is 5.35. The van der Waals surface area contributed by atoms with E-state index in [9.17, 15) is 18.0 Å². The van der Waals surface area contributed by atoms with E-state index in [1.54, 1.807) is 4.90 Å². The van der Waals surface area contributed by atoms with Gasteiger partial charge < -0.3 is 9.64 Å². The summed E-state index contributed by atoms with van der Waals surface area (Å²) >= 11 is 1.47. The van der Waals surface area contributed by atoms with Crippen LogP contribution in [0.5, 0.6) is 0 Å². The predicted octanol–water partition coefficient (Wildman–Crippen LogP) is 1.96. The van der Waals surface area contributed by atoms with Crippen molar-refractivity contribution < 1.29 is 22.7 Å². The molecule has 2 fully saturated rings. The second-order valence-corrected chi connectivity index (χ2v) is 10.8. The van der Waals surface area contributed by atoms with Crippen molar-refractivity contribution in [2.45, 2.75) is 57.0 Å². The largest absolute Gasteiger partial charge is 0.451 e. The Labute approximate surface area is 157 Å². The van der Waals surface area contributed by atoms with E-state index in [2.05, 4.69) is 0 Å². The first-order valence-electron chi connectivity index (χ1n) is 9.23. The van der Waals surface area contributed by atoms with Crippen LogP contribution in [0, 0.1) is 0 Å². The third-order valence-corrected chi connectivity index (χ3v) is 8.32. The summed E-state index contributed by atoms with van der Waals surface area (Å²) in [5.74, 6) is -0.563. The maximum absolute atomic E-state index is 12.6. The molecule has 2 aliphatic carbocycles. The van der Waals surface area contributed by atoms with E-state index in [1.165, 1.54) is 21.8 Å². The second kappa shape index (κ2) is 6.96. The highest BCUT2D eigenvalue weighted by atomic mass is 32.2. The highest BCUT2D eigenvalue weighted by molar-refractivity contribution is 7.91. The number of hydrogen-bond donors (Lipinski definition) is 0. The van der Waals surface area contributed by atoms with Crippen LogP contribution < -0.4 is 0 Å². The highest BCUT2D eigenvalue weighted by Gasteiger charge is 2.42. The van der Waals surface area contributed by atoms with Gasteiger partial charge in [0.15, 0.2) is 16.4 Å². The van der Waals surface area contributed by atoms with Gasteiger partial charge in [0, 0.05) is 17.0 Å². The molecular formula is C18H23NO5S2. The van der Waals surface area contributed by atoms with E-state index in [4.69, 9.17) is 4.74 Å². The molecule has 3 aliphatic rings. The van der Waals surface area contributed by atoms with Gasteiger partial charge in [0.05, 0.1) is 11.5 Å². The topological polar surface area (TPSA) is 80.8 Å². The Hall–Kier alpha value is -1.41. The SMILES string of the molecule is O=C(OCC(=O)N(C1CC1)[C@@H]1CCS(=O)(=O)C1)c1cc2c(s1)CCCC2. The minimum absolute atomic E-state index is 0.0286. The van der Waals surface area contributed by atoms with Gasteiger partial charge in [0.2, 0.25) is 0 Å². The molecule has 0 radical (unpaired) electrons. The fourth-order valence-corrected chi connectivity index (χ4v) is 6.78. The lowest BCUT2D eigenvalue weighted by Gasteiger charge is -2.28. The van der Waals surface area contributed by atoms with E-state index in [1.807, 2.05) is 6.07 Å². The van der Waals surface area contributed by atoms with Crippen molar-refractivity contribution in [3.63, 3.8) is 0 Å². The molecule has 1 saturated heterocycles. The zero-order chi connectivity index (χ0) is 18.3. The van der Waals surface area contributed by atoms with Gasteiger partial charge in [-0.3, -0.25) is 4.79 Å². The number of sulfone groups is 1. The Morgan fingerprint density at radius 1 is 1.15 bits per heavy atom. The molecule has 8 heteroatoms. The van der Waals surface area contributed by atoms with Crippen LogP contribution in [0.2, 0.25) is 0 Å². The van der Waals surface area contributed by atoms with Crippen LogP contribution in [-0.2, 0) is 32.2 Å². The molecule has 1 aromatic heterocycles. The first-order chi connectivity index (χ1) is 12.4. The fraction of sp³-hybridized carbons (Fsp3) is 0.667. The van der Waals surface area contributed by atoms with E-state index in [-0.39, 0.29) is 36.1 Å². The van der Waals surface area contributed by atoms with Gasteiger partial charge in [-0.05, 0) is 56.6 Å². The molecule has 142 valence electrons. The molecule has 0 bridgehead atoms. The minimum Gasteiger partial charge on any atom is -0.451 e. The summed E-state index contributed by atoms with van der Waals surface area (Å²) in [5.41, 5.74) is 1.23. The Morgan fingerprint density at radius 3 is 2.58 bits per heavy atom. The first kappa shape index (κ1) is 18.0. The molecule has 0 spiro atoms. The van der Waals surface area contributed by atoms with Gasteiger partial charge in [-0.1, -0.05) is 0 Å². The summed E-state index contributed by atoms with van der Waals surface area (Å²) in [6.07, 6.45) is 6.60. The molecule has 1 amide bonds. The number of carbonyl (C=O) groups is 2. The fourth-order valence-electron chi connectivity index (χ4n) is 3.92. The van der Waals surface area contributed by atoms with Gasteiger partial charge >= 0.3 is 5.97 Å². The maximum Gasteiger partial charge on any atom is 0.348 e. The first-order valence-corrected chi connectivity index (χ1v) is 11.9. The summed E-state index contributed by atoms with van der Waals surface area (Å²) in [4.78, 5) is 28.4. The van der Waals surface area contributed by atoms with E-state index in [0.29, 0.717) is 11.3 Å². The molecule has 2 heterocycles. The summed E-state index contributed by atoms with van der Waals surface area (Å²) in [5, 5.41) is 0. The molecule has 0 unspecified atom stereocenters. The Morgan fingerprint density at radius 2 is 1.92 bits per heavy atom. The molecule has 1 saturated carbocycles. The average Bonchev–Trinajstić information content (AvgIpc) is 3.22. The van der Waals surface area contributed by atoms with Crippen LogP contribution in [-0.4, -0.2) is 55.4 Å². The zero-order valence-corrected chi connectivity index (χ0v) is 16.2. The van der Waals surface area contributed by atoms with Crippen molar-refractivity contribution in [1.82, 2.24) is 4.90 Å². The molecule has 4 rings (SSSR count). The monoisotopic (exact) mass is 397 g/mol. The quantitative estimate of drug-likeness (QED) is 0.710. The lowest BCUT2D eigenvalue weighted by molar-refractivity contribution is -0.137. The number of hydrogen-bond acceptors (Lipinski definition) is 6. The lowest BCUT2D eigenvalue weighted by Crippen LogP contribution is -2.44. The molecule has 0 N–H and O–H groups in total. The van der Waals surface area contributed by atoms with Crippen LogP contribution in [0.4, 0.5) is 0 Å². The Bertz CT molecular complexity index is 801. The number of aryl methyl sites for hydroxylation is 2. The molecule has 0 aromatic carbocycles. The van der Waals surface area contributed by atoms with Crippen LogP contribution in [0.1, 0.15) is 52.2 Å². The van der Waals surface area contributed by atoms with E-state index in [0.717, 1.165) is 38.5 Å². The summed E-state index contributed by atoms with van der Waals surface area (Å²) in [7, 11) is -3.06. The van der Waals surface area contributed by atoms with Crippen LogP contribution in [0.3, 0.4) is 0 Å². The summed E-state index contributed by atoms with van der Waals surface area (Å²) < 4.78 is 28.7. The number of carbonyl (C=O) groups excluding carboxylic acids is 2. The van der Waals surface area contributed by atoms with Crippen LogP contribution in [0.15, 0.2) is 6.07 Å². The van der Waals surface area contributed by atoms with Crippen molar-refractivity contribution in [3.05, 3.63) is 21.4 Å². The highest BCUT2D eigenvalue weighted by Crippen LogP contribution is 2.33. The molecule has 6 nitrogen and oxygen atoms in total. The molecule has 1 atom stereocenters. The molecular weight excluding hydrogens is 374 g/mol. The standard InChI is InChI=1S/C18H23NO5S2/c20-17(19(13-5-6-13)14-7-8-26(22,23)11-14)10-24-18(21)16-9-12-3-1-2-4-15(12)25-16/h9,13-14H,1-8,10-11H2/t14-/m1/s1. The second-order valence-electron chi connectivity index (χ2n) is 7.43. The van der Waals surface area contributed by atoms with Crippen molar-refractivity contribution >= 4 is 33.1 Å². The number of ether oxygens (including phenoxy) is 1. The molecule has 1 aromatic rings. The molecule has 1 aliphatic heterocycles. The van der Waals surface area contributed by atoms with Gasteiger partial charge in [-0.2, -0.15) is 0 Å². The average molecular weight is 398 g/mol. The number of fused-ring (bicyclic) bond motifs is 1.